The largest absolute Gasteiger partial charge is 0.347 e. The van der Waals surface area contributed by atoms with Crippen LogP contribution in [0.2, 0.25) is 0 Å². The Hall–Kier alpha value is -0.730. The molecule has 4 N–H and O–H groups in total. The van der Waals surface area contributed by atoms with Crippen molar-refractivity contribution in [1.29, 1.82) is 0 Å². The molecule has 0 saturated carbocycles. The van der Waals surface area contributed by atoms with Gasteiger partial charge in [0.1, 0.15) is 0 Å². The van der Waals surface area contributed by atoms with Crippen molar-refractivity contribution in [2.24, 2.45) is 5.73 Å². The van der Waals surface area contributed by atoms with Gasteiger partial charge in [0.15, 0.2) is 0 Å². The van der Waals surface area contributed by atoms with E-state index in [2.05, 4.69) is 23.3 Å². The summed E-state index contributed by atoms with van der Waals surface area (Å²) in [5.74, 6) is -0.665. The Balaban J connectivity index is 3.73. The molecule has 0 aromatic heterocycles. The highest BCUT2D eigenvalue weighted by Crippen LogP contribution is 1.91. The highest BCUT2D eigenvalue weighted by molar-refractivity contribution is 8.13. The fourth-order valence-corrected chi connectivity index (χ4v) is 1.07. The number of rotatable bonds is 6. The second-order valence-corrected chi connectivity index (χ2v) is 4.09. The van der Waals surface area contributed by atoms with Crippen LogP contribution in [0.1, 0.15) is 0 Å². The molecule has 0 heterocycles. The summed E-state index contributed by atoms with van der Waals surface area (Å²) in [6, 6.07) is -0.732. The van der Waals surface area contributed by atoms with Crippen LogP contribution in [-0.4, -0.2) is 48.1 Å². The van der Waals surface area contributed by atoms with Crippen molar-refractivity contribution >= 4 is 41.3 Å². The Morgan fingerprint density at radius 2 is 1.94 bits per heavy atom. The molecule has 92 valence electrons. The quantitative estimate of drug-likeness (QED) is 0.432. The van der Waals surface area contributed by atoms with Gasteiger partial charge in [0.2, 0.25) is 16.9 Å². The molecule has 0 aliphatic heterocycles. The van der Waals surface area contributed by atoms with Crippen molar-refractivity contribution in [2.75, 3.05) is 25.1 Å². The number of amides is 2. The first-order valence-corrected chi connectivity index (χ1v) is 6.34. The van der Waals surface area contributed by atoms with Gasteiger partial charge in [-0.15, -0.1) is 0 Å². The van der Waals surface area contributed by atoms with Gasteiger partial charge in [-0.2, -0.15) is 12.6 Å². The molecule has 8 heteroatoms. The Labute approximate surface area is 103 Å². The summed E-state index contributed by atoms with van der Waals surface area (Å²) in [6.07, 6.45) is 1.63. The van der Waals surface area contributed by atoms with Crippen LogP contribution in [-0.2, 0) is 14.4 Å². The van der Waals surface area contributed by atoms with Crippen LogP contribution in [0.5, 0.6) is 0 Å². The lowest BCUT2D eigenvalue weighted by Crippen LogP contribution is -2.46. The minimum absolute atomic E-state index is 0.0471. The number of carbonyl (C=O) groups is 3. The Bertz CT molecular complexity index is 273. The second-order valence-electron chi connectivity index (χ2n) is 2.86. The number of thioether (sulfide) groups is 1. The Morgan fingerprint density at radius 3 is 2.44 bits per heavy atom. The van der Waals surface area contributed by atoms with E-state index in [9.17, 15) is 14.4 Å². The number of nitrogens with two attached hydrogens (primary N) is 1. The first-order chi connectivity index (χ1) is 7.51. The number of hydrogen-bond acceptors (Lipinski definition) is 6. The molecular weight excluding hydrogens is 250 g/mol. The van der Waals surface area contributed by atoms with Gasteiger partial charge in [-0.05, 0) is 6.26 Å². The fraction of sp³-hybridized carbons (Fsp3) is 0.625. The number of carbonyl (C=O) groups excluding carboxylic acids is 3. The summed E-state index contributed by atoms with van der Waals surface area (Å²) in [6.45, 7) is -0.240. The van der Waals surface area contributed by atoms with Gasteiger partial charge in [0.05, 0.1) is 19.1 Å². The highest BCUT2D eigenvalue weighted by Gasteiger charge is 2.12. The molecule has 0 aliphatic rings. The fourth-order valence-electron chi connectivity index (χ4n) is 0.687. The summed E-state index contributed by atoms with van der Waals surface area (Å²) in [5, 5.41) is 4.55. The monoisotopic (exact) mass is 265 g/mol. The molecule has 0 aliphatic carbocycles. The Kier molecular flexibility index (Phi) is 8.04. The summed E-state index contributed by atoms with van der Waals surface area (Å²) in [4.78, 5) is 33.1. The van der Waals surface area contributed by atoms with Crippen LogP contribution in [0, 0.1) is 0 Å². The predicted octanol–water partition coefficient (Wildman–Crippen LogP) is -1.63. The third-order valence-corrected chi connectivity index (χ3v) is 2.61. The molecule has 0 rings (SSSR count). The average molecular weight is 265 g/mol. The molecule has 1 atom stereocenters. The molecule has 0 bridgehead atoms. The molecule has 0 radical (unpaired) electrons. The zero-order valence-corrected chi connectivity index (χ0v) is 10.6. The van der Waals surface area contributed by atoms with Crippen LogP contribution in [0.25, 0.3) is 0 Å². The van der Waals surface area contributed by atoms with Crippen LogP contribution >= 0.6 is 24.4 Å². The maximum atomic E-state index is 11.1. The van der Waals surface area contributed by atoms with Crippen LogP contribution in [0.3, 0.4) is 0 Å². The van der Waals surface area contributed by atoms with E-state index in [1.165, 1.54) is 0 Å². The highest BCUT2D eigenvalue weighted by atomic mass is 32.2. The van der Waals surface area contributed by atoms with E-state index in [4.69, 9.17) is 5.73 Å². The number of thiol groups is 1. The van der Waals surface area contributed by atoms with Crippen LogP contribution < -0.4 is 16.4 Å². The molecule has 2 amide bonds. The third-order valence-electron chi connectivity index (χ3n) is 1.61. The van der Waals surface area contributed by atoms with E-state index in [0.29, 0.717) is 0 Å². The second kappa shape index (κ2) is 8.43. The molecule has 0 unspecified atom stereocenters. The van der Waals surface area contributed by atoms with E-state index >= 15 is 0 Å². The lowest BCUT2D eigenvalue weighted by atomic mass is 10.3. The molecule has 0 spiro atoms. The molecular formula is C8H15N3O3S2. The van der Waals surface area contributed by atoms with Gasteiger partial charge in [-0.25, -0.2) is 0 Å². The smallest absolute Gasteiger partial charge is 0.239 e. The molecule has 16 heavy (non-hydrogen) atoms. The molecule has 0 saturated heterocycles. The number of hydrogen-bond donors (Lipinski definition) is 4. The molecule has 0 aromatic rings. The van der Waals surface area contributed by atoms with Gasteiger partial charge in [-0.3, -0.25) is 14.4 Å². The maximum absolute atomic E-state index is 11.1. The van der Waals surface area contributed by atoms with Crippen LogP contribution in [0.4, 0.5) is 0 Å². The van der Waals surface area contributed by atoms with Gasteiger partial charge in [0.25, 0.3) is 0 Å². The van der Waals surface area contributed by atoms with E-state index in [1.807, 2.05) is 0 Å². The predicted molar refractivity (Wildman–Crippen MR) is 66.4 cm³/mol. The number of nitrogens with one attached hydrogen (secondary N) is 2. The first-order valence-electron chi connectivity index (χ1n) is 4.49. The molecule has 0 fully saturated rings. The van der Waals surface area contributed by atoms with Gasteiger partial charge < -0.3 is 16.4 Å². The van der Waals surface area contributed by atoms with Crippen molar-refractivity contribution in [3.63, 3.8) is 0 Å². The summed E-state index contributed by atoms with van der Waals surface area (Å²) >= 11 is 4.88. The van der Waals surface area contributed by atoms with Crippen molar-refractivity contribution in [3.8, 4) is 0 Å². The summed E-state index contributed by atoms with van der Waals surface area (Å²) in [5.41, 5.74) is 5.37. The average Bonchev–Trinajstić information content (AvgIpc) is 2.31. The van der Waals surface area contributed by atoms with Crippen molar-refractivity contribution in [3.05, 3.63) is 0 Å². The topological polar surface area (TPSA) is 101 Å². The summed E-state index contributed by atoms with van der Waals surface area (Å²) < 4.78 is 0. The zero-order valence-electron chi connectivity index (χ0n) is 8.86. The SMILES string of the molecule is CSC(=O)CNC(=O)CNC(=O)[C@@H](N)CS. The zero-order chi connectivity index (χ0) is 12.6. The summed E-state index contributed by atoms with van der Waals surface area (Å²) in [7, 11) is 0. The van der Waals surface area contributed by atoms with Crippen molar-refractivity contribution < 1.29 is 14.4 Å². The van der Waals surface area contributed by atoms with Crippen molar-refractivity contribution in [2.45, 2.75) is 6.04 Å². The van der Waals surface area contributed by atoms with Crippen LogP contribution in [0.15, 0.2) is 0 Å². The van der Waals surface area contributed by atoms with E-state index < -0.39 is 17.9 Å². The lowest BCUT2D eigenvalue weighted by Gasteiger charge is -2.09. The third kappa shape index (κ3) is 6.70. The van der Waals surface area contributed by atoms with E-state index in [1.54, 1.807) is 6.26 Å². The standard InChI is InChI=1S/C8H15N3O3S2/c1-16-7(13)3-10-6(12)2-11-8(14)5(9)4-15/h5,15H,2-4,9H2,1H3,(H,10,12)(H,11,14)/t5-/m0/s1. The van der Waals surface area contributed by atoms with E-state index in [0.717, 1.165) is 11.8 Å². The molecule has 0 aromatic carbocycles. The van der Waals surface area contributed by atoms with Gasteiger partial charge >= 0.3 is 0 Å². The first kappa shape index (κ1) is 15.3. The normalized spacial score (nSPS) is 11.7. The van der Waals surface area contributed by atoms with E-state index in [-0.39, 0.29) is 24.0 Å². The van der Waals surface area contributed by atoms with Crippen molar-refractivity contribution in [1.82, 2.24) is 10.6 Å². The maximum Gasteiger partial charge on any atom is 0.239 e. The van der Waals surface area contributed by atoms with Gasteiger partial charge in [0, 0.05) is 5.75 Å². The van der Waals surface area contributed by atoms with Gasteiger partial charge in [-0.1, -0.05) is 11.8 Å². The minimum atomic E-state index is -0.732. The minimum Gasteiger partial charge on any atom is -0.347 e. The lowest BCUT2D eigenvalue weighted by molar-refractivity contribution is -0.126. The Morgan fingerprint density at radius 1 is 1.31 bits per heavy atom. The molecule has 6 nitrogen and oxygen atoms in total.